The lowest BCUT2D eigenvalue weighted by Gasteiger charge is -2.10. The Hall–Kier alpha value is -3.21. The largest absolute Gasteiger partial charge is 0.322 e. The van der Waals surface area contributed by atoms with Crippen LogP contribution in [0.25, 0.3) is 0 Å². The van der Waals surface area contributed by atoms with E-state index < -0.39 is 11.5 Å². The van der Waals surface area contributed by atoms with Crippen molar-refractivity contribution in [2.75, 3.05) is 5.32 Å². The van der Waals surface area contributed by atoms with Gasteiger partial charge in [-0.1, -0.05) is 44.2 Å². The van der Waals surface area contributed by atoms with Gasteiger partial charge in [-0.25, -0.2) is 4.39 Å². The normalized spacial score (nSPS) is 10.8. The third-order valence-electron chi connectivity index (χ3n) is 4.40. The minimum absolute atomic E-state index is 0.0155. The Bertz CT molecular complexity index is 1010. The van der Waals surface area contributed by atoms with E-state index in [0.29, 0.717) is 17.2 Å². The van der Waals surface area contributed by atoms with Crippen LogP contribution >= 0.6 is 0 Å². The molecule has 0 saturated heterocycles. The number of halogens is 1. The second kappa shape index (κ2) is 7.99. The quantitative estimate of drug-likeness (QED) is 0.729. The number of carbonyl (C=O) groups excluding carboxylic acids is 1. The predicted molar refractivity (Wildman–Crippen MR) is 105 cm³/mol. The van der Waals surface area contributed by atoms with E-state index in [1.165, 1.54) is 22.3 Å². The van der Waals surface area contributed by atoms with Crippen molar-refractivity contribution in [3.05, 3.63) is 99.7 Å². The standard InChI is InChI=1S/C22H21FN2O2/c1-15(2)16-9-11-18(12-10-16)24-21(26)19-7-5-13-25(22(19)27)14-17-6-3-4-8-20(17)23/h3-13,15H,14H2,1-2H3,(H,24,26). The molecular formula is C22H21FN2O2. The summed E-state index contributed by atoms with van der Waals surface area (Å²) < 4.78 is 15.2. The molecule has 0 aliphatic rings. The number of hydrogen-bond donors (Lipinski definition) is 1. The molecule has 0 radical (unpaired) electrons. The lowest BCUT2D eigenvalue weighted by molar-refractivity contribution is 0.102. The van der Waals surface area contributed by atoms with E-state index in [1.54, 1.807) is 30.5 Å². The molecule has 1 amide bonds. The van der Waals surface area contributed by atoms with Crippen LogP contribution in [0, 0.1) is 5.82 Å². The first-order valence-electron chi connectivity index (χ1n) is 8.80. The van der Waals surface area contributed by atoms with Crippen molar-refractivity contribution in [3.63, 3.8) is 0 Å². The number of benzene rings is 2. The highest BCUT2D eigenvalue weighted by atomic mass is 19.1. The fraction of sp³-hybridized carbons (Fsp3) is 0.182. The smallest absolute Gasteiger partial charge is 0.263 e. The molecule has 0 saturated carbocycles. The molecular weight excluding hydrogens is 343 g/mol. The lowest BCUT2D eigenvalue weighted by atomic mass is 10.0. The Morgan fingerprint density at radius 3 is 2.41 bits per heavy atom. The summed E-state index contributed by atoms with van der Waals surface area (Å²) in [6, 6.07) is 16.9. The Labute approximate surface area is 157 Å². The average Bonchev–Trinajstić information content (AvgIpc) is 2.65. The Balaban J connectivity index is 1.81. The molecule has 1 aromatic heterocycles. The fourth-order valence-electron chi connectivity index (χ4n) is 2.79. The van der Waals surface area contributed by atoms with Crippen molar-refractivity contribution in [3.8, 4) is 0 Å². The molecule has 0 atom stereocenters. The van der Waals surface area contributed by atoms with Crippen molar-refractivity contribution in [2.24, 2.45) is 0 Å². The van der Waals surface area contributed by atoms with Crippen molar-refractivity contribution < 1.29 is 9.18 Å². The molecule has 0 aliphatic heterocycles. The molecule has 3 aromatic rings. The number of anilines is 1. The first kappa shape index (κ1) is 18.6. The van der Waals surface area contributed by atoms with Gasteiger partial charge in [-0.15, -0.1) is 0 Å². The van der Waals surface area contributed by atoms with Crippen LogP contribution in [0.15, 0.2) is 71.7 Å². The highest BCUT2D eigenvalue weighted by molar-refractivity contribution is 6.03. The van der Waals surface area contributed by atoms with E-state index in [2.05, 4.69) is 19.2 Å². The molecule has 1 N–H and O–H groups in total. The van der Waals surface area contributed by atoms with E-state index in [-0.39, 0.29) is 17.9 Å². The maximum absolute atomic E-state index is 13.8. The van der Waals surface area contributed by atoms with Crippen molar-refractivity contribution in [1.82, 2.24) is 4.57 Å². The molecule has 0 bridgehead atoms. The van der Waals surface area contributed by atoms with Gasteiger partial charge in [-0.2, -0.15) is 0 Å². The second-order valence-corrected chi connectivity index (χ2v) is 6.68. The van der Waals surface area contributed by atoms with Crippen molar-refractivity contribution in [2.45, 2.75) is 26.3 Å². The SMILES string of the molecule is CC(C)c1ccc(NC(=O)c2cccn(Cc3ccccc3F)c2=O)cc1. The van der Waals surface area contributed by atoms with E-state index in [0.717, 1.165) is 0 Å². The third kappa shape index (κ3) is 4.31. The van der Waals surface area contributed by atoms with Crippen LogP contribution in [0.4, 0.5) is 10.1 Å². The van der Waals surface area contributed by atoms with Gasteiger partial charge in [-0.05, 0) is 41.8 Å². The van der Waals surface area contributed by atoms with Crippen molar-refractivity contribution in [1.29, 1.82) is 0 Å². The Morgan fingerprint density at radius 2 is 1.74 bits per heavy atom. The van der Waals surface area contributed by atoms with Crippen molar-refractivity contribution >= 4 is 11.6 Å². The maximum Gasteiger partial charge on any atom is 0.263 e. The average molecular weight is 364 g/mol. The van der Waals surface area contributed by atoms with E-state index in [4.69, 9.17) is 0 Å². The molecule has 0 aliphatic carbocycles. The molecule has 0 fully saturated rings. The van der Waals surface area contributed by atoms with Crippen LogP contribution in [-0.2, 0) is 6.54 Å². The first-order chi connectivity index (χ1) is 13.0. The Kier molecular flexibility index (Phi) is 5.50. The predicted octanol–water partition coefficient (Wildman–Crippen LogP) is 4.41. The molecule has 27 heavy (non-hydrogen) atoms. The number of pyridine rings is 1. The number of amides is 1. The topological polar surface area (TPSA) is 51.1 Å². The maximum atomic E-state index is 13.8. The second-order valence-electron chi connectivity index (χ2n) is 6.68. The van der Waals surface area contributed by atoms with Gasteiger partial charge in [0.15, 0.2) is 0 Å². The zero-order chi connectivity index (χ0) is 19.4. The van der Waals surface area contributed by atoms with Gasteiger partial charge in [0, 0.05) is 17.4 Å². The number of nitrogens with zero attached hydrogens (tertiary/aromatic N) is 1. The zero-order valence-electron chi connectivity index (χ0n) is 15.3. The number of hydrogen-bond acceptors (Lipinski definition) is 2. The summed E-state index contributed by atoms with van der Waals surface area (Å²) in [5.74, 6) is -0.473. The highest BCUT2D eigenvalue weighted by Gasteiger charge is 2.13. The van der Waals surface area contributed by atoms with Crippen LogP contribution in [0.5, 0.6) is 0 Å². The third-order valence-corrected chi connectivity index (χ3v) is 4.40. The lowest BCUT2D eigenvalue weighted by Crippen LogP contribution is -2.29. The Morgan fingerprint density at radius 1 is 1.04 bits per heavy atom. The number of nitrogens with one attached hydrogen (secondary N) is 1. The van der Waals surface area contributed by atoms with E-state index in [9.17, 15) is 14.0 Å². The van der Waals surface area contributed by atoms with Gasteiger partial charge in [0.25, 0.3) is 11.5 Å². The molecule has 4 nitrogen and oxygen atoms in total. The minimum atomic E-state index is -0.486. The monoisotopic (exact) mass is 364 g/mol. The summed E-state index contributed by atoms with van der Waals surface area (Å²) in [7, 11) is 0. The summed E-state index contributed by atoms with van der Waals surface area (Å²) in [5, 5.41) is 2.74. The van der Waals surface area contributed by atoms with Crippen LogP contribution in [0.2, 0.25) is 0 Å². The van der Waals surface area contributed by atoms with E-state index >= 15 is 0 Å². The molecule has 1 heterocycles. The minimum Gasteiger partial charge on any atom is -0.322 e. The van der Waals surface area contributed by atoms with Gasteiger partial charge in [0.1, 0.15) is 11.4 Å². The highest BCUT2D eigenvalue weighted by Crippen LogP contribution is 2.17. The summed E-state index contributed by atoms with van der Waals surface area (Å²) in [6.45, 7) is 4.25. The van der Waals surface area contributed by atoms with Crippen LogP contribution in [-0.4, -0.2) is 10.5 Å². The van der Waals surface area contributed by atoms with Gasteiger partial charge in [-0.3, -0.25) is 9.59 Å². The summed E-state index contributed by atoms with van der Waals surface area (Å²) in [4.78, 5) is 25.2. The number of rotatable bonds is 5. The molecule has 0 spiro atoms. The van der Waals surface area contributed by atoms with Crippen LogP contribution in [0.3, 0.4) is 0 Å². The number of aromatic nitrogens is 1. The summed E-state index contributed by atoms with van der Waals surface area (Å²) in [6.07, 6.45) is 1.54. The summed E-state index contributed by atoms with van der Waals surface area (Å²) >= 11 is 0. The summed E-state index contributed by atoms with van der Waals surface area (Å²) in [5.41, 5.74) is 1.73. The molecule has 138 valence electrons. The van der Waals surface area contributed by atoms with Crippen LogP contribution in [0.1, 0.15) is 41.3 Å². The van der Waals surface area contributed by atoms with Gasteiger partial charge < -0.3 is 9.88 Å². The zero-order valence-corrected chi connectivity index (χ0v) is 15.3. The van der Waals surface area contributed by atoms with E-state index in [1.807, 2.05) is 24.3 Å². The molecule has 3 rings (SSSR count). The fourth-order valence-corrected chi connectivity index (χ4v) is 2.79. The van der Waals surface area contributed by atoms with Crippen LogP contribution < -0.4 is 10.9 Å². The molecule has 5 heteroatoms. The van der Waals surface area contributed by atoms with Gasteiger partial charge >= 0.3 is 0 Å². The molecule has 0 unspecified atom stereocenters. The first-order valence-corrected chi connectivity index (χ1v) is 8.80. The molecule has 2 aromatic carbocycles. The van der Waals surface area contributed by atoms with Gasteiger partial charge in [0.05, 0.1) is 6.54 Å². The number of carbonyl (C=O) groups is 1. The van der Waals surface area contributed by atoms with Gasteiger partial charge in [0.2, 0.25) is 0 Å².